The Balaban J connectivity index is 1.36. The van der Waals surface area contributed by atoms with Gasteiger partial charge in [0.05, 0.1) is 11.6 Å². The second-order valence-corrected chi connectivity index (χ2v) is 7.06. The van der Waals surface area contributed by atoms with Crippen LogP contribution in [0.25, 0.3) is 22.1 Å². The molecule has 0 atom stereocenters. The lowest BCUT2D eigenvalue weighted by Crippen LogP contribution is -2.11. The first-order valence-corrected chi connectivity index (χ1v) is 10.0. The first-order valence-electron chi connectivity index (χ1n) is 10.0. The van der Waals surface area contributed by atoms with Gasteiger partial charge in [0.15, 0.2) is 5.69 Å². The van der Waals surface area contributed by atoms with Gasteiger partial charge >= 0.3 is 5.97 Å². The molecule has 0 unspecified atom stereocenters. The molecule has 0 aliphatic carbocycles. The van der Waals surface area contributed by atoms with Gasteiger partial charge in [-0.2, -0.15) is 0 Å². The quantitative estimate of drug-likeness (QED) is 0.274. The van der Waals surface area contributed by atoms with Crippen LogP contribution < -0.4 is 14.9 Å². The summed E-state index contributed by atoms with van der Waals surface area (Å²) in [6.45, 7) is 0. The average Bonchev–Trinajstić information content (AvgIpc) is 2.87. The van der Waals surface area contributed by atoms with Gasteiger partial charge in [-0.1, -0.05) is 42.5 Å². The van der Waals surface area contributed by atoms with E-state index in [1.807, 2.05) is 42.5 Å². The van der Waals surface area contributed by atoms with E-state index in [0.29, 0.717) is 11.1 Å². The zero-order valence-electron chi connectivity index (χ0n) is 17.2. The number of hydrogen-bond acceptors (Lipinski definition) is 7. The van der Waals surface area contributed by atoms with Crippen LogP contribution in [0.2, 0.25) is 0 Å². The van der Waals surface area contributed by atoms with E-state index in [-0.39, 0.29) is 28.2 Å². The van der Waals surface area contributed by atoms with Gasteiger partial charge in [0.1, 0.15) is 23.3 Å². The summed E-state index contributed by atoms with van der Waals surface area (Å²) in [5, 5.41) is 0.299. The van der Waals surface area contributed by atoms with Gasteiger partial charge < -0.3 is 13.9 Å². The van der Waals surface area contributed by atoms with Gasteiger partial charge in [0.25, 0.3) is 0 Å². The Morgan fingerprint density at radius 2 is 1.61 bits per heavy atom. The van der Waals surface area contributed by atoms with E-state index >= 15 is 0 Å². The van der Waals surface area contributed by atoms with E-state index in [9.17, 15) is 9.59 Å². The molecular formula is C26H16N2O5. The maximum Gasteiger partial charge on any atom is 0.363 e. The molecule has 3 aromatic carbocycles. The fourth-order valence-electron chi connectivity index (χ4n) is 3.26. The normalized spacial score (nSPS) is 10.7. The Hall–Kier alpha value is -4.78. The van der Waals surface area contributed by atoms with E-state index in [1.165, 1.54) is 43.1 Å². The van der Waals surface area contributed by atoms with Crippen molar-refractivity contribution in [2.24, 2.45) is 0 Å². The van der Waals surface area contributed by atoms with E-state index in [4.69, 9.17) is 13.9 Å². The molecule has 5 rings (SSSR count). The molecule has 2 aromatic heterocycles. The van der Waals surface area contributed by atoms with Crippen molar-refractivity contribution in [1.29, 1.82) is 0 Å². The van der Waals surface area contributed by atoms with Gasteiger partial charge in [-0.3, -0.25) is 9.78 Å². The molecule has 160 valence electrons. The lowest BCUT2D eigenvalue weighted by Gasteiger charge is -2.08. The molecule has 0 amide bonds. The van der Waals surface area contributed by atoms with Gasteiger partial charge in [0.2, 0.25) is 11.2 Å². The summed E-state index contributed by atoms with van der Waals surface area (Å²) in [5.74, 6) is 0.116. The Morgan fingerprint density at radius 3 is 2.36 bits per heavy atom. The summed E-state index contributed by atoms with van der Waals surface area (Å²) in [5.41, 5.74) is 2.12. The molecular weight excluding hydrogens is 420 g/mol. The van der Waals surface area contributed by atoms with E-state index in [2.05, 4.69) is 9.97 Å². The van der Waals surface area contributed by atoms with Crippen LogP contribution in [0, 0.1) is 0 Å². The van der Waals surface area contributed by atoms with Crippen molar-refractivity contribution in [2.45, 2.75) is 0 Å². The highest BCUT2D eigenvalue weighted by atomic mass is 16.5. The summed E-state index contributed by atoms with van der Waals surface area (Å²) >= 11 is 0. The number of hydrogen-bond donors (Lipinski definition) is 0. The molecule has 0 fully saturated rings. The van der Waals surface area contributed by atoms with Crippen molar-refractivity contribution in [1.82, 2.24) is 9.97 Å². The van der Waals surface area contributed by atoms with Crippen LogP contribution in [0.3, 0.4) is 0 Å². The minimum Gasteiger partial charge on any atom is -0.460 e. The first-order chi connectivity index (χ1) is 16.2. The molecule has 0 bridgehead atoms. The monoisotopic (exact) mass is 436 g/mol. The van der Waals surface area contributed by atoms with Crippen molar-refractivity contribution in [3.63, 3.8) is 0 Å². The Morgan fingerprint density at radius 1 is 0.848 bits per heavy atom. The summed E-state index contributed by atoms with van der Waals surface area (Å²) in [4.78, 5) is 32.8. The SMILES string of the molecule is O=C(Oc1ccc2c(=O)c(Oc3ccc(-c4ccccc4)cc3)coc2c1)c1cnccn1. The number of benzene rings is 3. The molecule has 7 nitrogen and oxygen atoms in total. The predicted molar refractivity (Wildman–Crippen MR) is 121 cm³/mol. The molecule has 0 spiro atoms. The standard InChI is InChI=1S/C26H16N2O5/c29-25-21-11-10-20(33-26(30)22-15-27-12-13-28-22)14-23(21)31-16-24(25)32-19-8-6-18(7-9-19)17-4-2-1-3-5-17/h1-16H. The van der Waals surface area contributed by atoms with Gasteiger partial charge in [-0.05, 0) is 35.4 Å². The second kappa shape index (κ2) is 8.76. The topological polar surface area (TPSA) is 91.5 Å². The van der Waals surface area contributed by atoms with Crippen LogP contribution in [0.15, 0.2) is 107 Å². The van der Waals surface area contributed by atoms with Crippen molar-refractivity contribution in [2.75, 3.05) is 0 Å². The van der Waals surface area contributed by atoms with E-state index in [0.717, 1.165) is 11.1 Å². The van der Waals surface area contributed by atoms with Gasteiger partial charge in [0, 0.05) is 18.5 Å². The largest absolute Gasteiger partial charge is 0.460 e. The van der Waals surface area contributed by atoms with Crippen molar-refractivity contribution in [3.8, 4) is 28.4 Å². The van der Waals surface area contributed by atoms with Crippen molar-refractivity contribution < 1.29 is 18.7 Å². The molecule has 33 heavy (non-hydrogen) atoms. The minimum atomic E-state index is -0.663. The minimum absolute atomic E-state index is 0.0549. The summed E-state index contributed by atoms with van der Waals surface area (Å²) in [6, 6.07) is 21.9. The second-order valence-electron chi connectivity index (χ2n) is 7.06. The maximum absolute atomic E-state index is 12.9. The van der Waals surface area contributed by atoms with E-state index in [1.54, 1.807) is 12.1 Å². The fraction of sp³-hybridized carbons (Fsp3) is 0. The molecule has 0 aliphatic heterocycles. The van der Waals surface area contributed by atoms with Gasteiger partial charge in [-0.15, -0.1) is 0 Å². The summed E-state index contributed by atoms with van der Waals surface area (Å²) < 4.78 is 16.6. The third-order valence-electron chi connectivity index (χ3n) is 4.89. The van der Waals surface area contributed by atoms with Crippen LogP contribution in [0.5, 0.6) is 17.2 Å². The summed E-state index contributed by atoms with van der Waals surface area (Å²) in [6.07, 6.45) is 5.40. The number of ether oxygens (including phenoxy) is 2. The zero-order valence-corrected chi connectivity index (χ0v) is 17.2. The fourth-order valence-corrected chi connectivity index (χ4v) is 3.26. The molecule has 0 saturated carbocycles. The highest BCUT2D eigenvalue weighted by Crippen LogP contribution is 2.27. The maximum atomic E-state index is 12.9. The molecule has 0 aliphatic rings. The summed E-state index contributed by atoms with van der Waals surface area (Å²) in [7, 11) is 0. The lowest BCUT2D eigenvalue weighted by molar-refractivity contribution is 0.0728. The van der Waals surface area contributed by atoms with Crippen LogP contribution in [0.4, 0.5) is 0 Å². The predicted octanol–water partition coefficient (Wildman–Crippen LogP) is 5.26. The van der Waals surface area contributed by atoms with Crippen LogP contribution in [-0.4, -0.2) is 15.9 Å². The van der Waals surface area contributed by atoms with Crippen molar-refractivity contribution in [3.05, 3.63) is 114 Å². The number of carbonyl (C=O) groups is 1. The zero-order chi connectivity index (χ0) is 22.6. The molecule has 0 saturated heterocycles. The Bertz CT molecular complexity index is 1480. The highest BCUT2D eigenvalue weighted by molar-refractivity contribution is 5.89. The van der Waals surface area contributed by atoms with Crippen LogP contribution in [0.1, 0.15) is 10.5 Å². The first kappa shape index (κ1) is 20.1. The third-order valence-corrected chi connectivity index (χ3v) is 4.89. The number of carbonyl (C=O) groups excluding carboxylic acids is 1. The molecule has 7 heteroatoms. The van der Waals surface area contributed by atoms with Crippen LogP contribution >= 0.6 is 0 Å². The van der Waals surface area contributed by atoms with Gasteiger partial charge in [-0.25, -0.2) is 9.78 Å². The lowest BCUT2D eigenvalue weighted by atomic mass is 10.1. The van der Waals surface area contributed by atoms with Crippen LogP contribution in [-0.2, 0) is 0 Å². The average molecular weight is 436 g/mol. The molecule has 0 N–H and O–H groups in total. The number of aromatic nitrogens is 2. The Labute approximate surface area is 187 Å². The van der Waals surface area contributed by atoms with Crippen molar-refractivity contribution >= 4 is 16.9 Å². The number of fused-ring (bicyclic) bond motifs is 1. The molecule has 5 aromatic rings. The smallest absolute Gasteiger partial charge is 0.363 e. The third kappa shape index (κ3) is 4.33. The molecule has 2 heterocycles. The number of nitrogens with zero attached hydrogens (tertiary/aromatic N) is 2. The molecule has 0 radical (unpaired) electrons. The highest BCUT2D eigenvalue weighted by Gasteiger charge is 2.14. The number of rotatable bonds is 5. The number of esters is 1. The van der Waals surface area contributed by atoms with E-state index < -0.39 is 5.97 Å². The Kier molecular flexibility index (Phi) is 5.35.